The fourth-order valence-electron chi connectivity index (χ4n) is 2.40. The fraction of sp³-hybridized carbons (Fsp3) is 0.429. The van der Waals surface area contributed by atoms with Crippen molar-refractivity contribution >= 4 is 0 Å². The van der Waals surface area contributed by atoms with Gasteiger partial charge in [0.2, 0.25) is 0 Å². The lowest BCUT2D eigenvalue weighted by atomic mass is 10.1. The molecule has 2 rings (SSSR count). The average Bonchev–Trinajstić information content (AvgIpc) is 2.57. The van der Waals surface area contributed by atoms with Crippen LogP contribution in [0.1, 0.15) is 37.0 Å². The molecule has 130 valence electrons. The molecule has 0 unspecified atom stereocenters. The summed E-state index contributed by atoms with van der Waals surface area (Å²) in [6.45, 7) is 8.88. The molecule has 0 heterocycles. The number of hydrogen-bond acceptors (Lipinski definition) is 3. The van der Waals surface area contributed by atoms with Crippen LogP contribution in [-0.2, 0) is 13.1 Å². The van der Waals surface area contributed by atoms with Crippen molar-refractivity contribution < 1.29 is 9.47 Å². The van der Waals surface area contributed by atoms with Crippen molar-refractivity contribution in [2.45, 2.75) is 40.3 Å². The highest BCUT2D eigenvalue weighted by Crippen LogP contribution is 2.28. The molecule has 3 nitrogen and oxygen atoms in total. The molecule has 0 saturated carbocycles. The van der Waals surface area contributed by atoms with Gasteiger partial charge in [0.1, 0.15) is 0 Å². The quantitative estimate of drug-likeness (QED) is 0.723. The van der Waals surface area contributed by atoms with Gasteiger partial charge in [0.15, 0.2) is 11.5 Å². The van der Waals surface area contributed by atoms with E-state index in [9.17, 15) is 0 Å². The lowest BCUT2D eigenvalue weighted by Gasteiger charge is -2.13. The first-order chi connectivity index (χ1) is 11.6. The smallest absolute Gasteiger partial charge is 0.161 e. The Bertz CT molecular complexity index is 620. The van der Waals surface area contributed by atoms with Crippen LogP contribution in [0, 0.1) is 12.8 Å². The summed E-state index contributed by atoms with van der Waals surface area (Å²) in [5.41, 5.74) is 3.77. The van der Waals surface area contributed by atoms with E-state index < -0.39 is 0 Å². The Morgan fingerprint density at radius 3 is 2.25 bits per heavy atom. The van der Waals surface area contributed by atoms with Crippen molar-refractivity contribution in [3.63, 3.8) is 0 Å². The van der Waals surface area contributed by atoms with Crippen LogP contribution in [0.5, 0.6) is 11.5 Å². The third-order valence-corrected chi connectivity index (χ3v) is 3.96. The molecule has 0 fully saturated rings. The Hall–Kier alpha value is -2.00. The molecule has 0 saturated heterocycles. The highest BCUT2D eigenvalue weighted by atomic mass is 16.5. The average molecular weight is 327 g/mol. The number of ether oxygens (including phenoxy) is 2. The normalized spacial score (nSPS) is 10.9. The van der Waals surface area contributed by atoms with Gasteiger partial charge in [-0.15, -0.1) is 0 Å². The number of methoxy groups -OCH3 is 1. The number of benzene rings is 2. The first kappa shape index (κ1) is 18.3. The molecular formula is C21H29NO2. The van der Waals surface area contributed by atoms with Gasteiger partial charge >= 0.3 is 0 Å². The summed E-state index contributed by atoms with van der Waals surface area (Å²) < 4.78 is 11.3. The molecular weight excluding hydrogens is 298 g/mol. The number of aryl methyl sites for hydroxylation is 1. The highest BCUT2D eigenvalue weighted by Gasteiger charge is 2.06. The molecule has 0 bridgehead atoms. The van der Waals surface area contributed by atoms with Crippen LogP contribution in [0.3, 0.4) is 0 Å². The molecule has 0 aromatic heterocycles. The van der Waals surface area contributed by atoms with Gasteiger partial charge in [-0.05, 0) is 42.5 Å². The Kier molecular flexibility index (Phi) is 7.13. The Morgan fingerprint density at radius 2 is 1.58 bits per heavy atom. The van der Waals surface area contributed by atoms with Gasteiger partial charge in [0.05, 0.1) is 13.7 Å². The standard InChI is InChI=1S/C21H29NO2/c1-16(2)11-12-24-20-10-9-19(13-21(20)23-4)15-22-14-18-7-5-17(3)6-8-18/h5-10,13,16,22H,11-12,14-15H2,1-4H3. The predicted molar refractivity (Wildman–Crippen MR) is 99.7 cm³/mol. The summed E-state index contributed by atoms with van der Waals surface area (Å²) in [5, 5.41) is 3.47. The van der Waals surface area contributed by atoms with Gasteiger partial charge < -0.3 is 14.8 Å². The van der Waals surface area contributed by atoms with Crippen molar-refractivity contribution in [1.29, 1.82) is 0 Å². The minimum absolute atomic E-state index is 0.640. The molecule has 0 radical (unpaired) electrons. The van der Waals surface area contributed by atoms with Crippen molar-refractivity contribution in [1.82, 2.24) is 5.32 Å². The molecule has 1 N–H and O–H groups in total. The molecule has 0 aliphatic carbocycles. The fourth-order valence-corrected chi connectivity index (χ4v) is 2.40. The Labute approximate surface area is 146 Å². The topological polar surface area (TPSA) is 30.5 Å². The monoisotopic (exact) mass is 327 g/mol. The van der Waals surface area contributed by atoms with Crippen LogP contribution in [0.2, 0.25) is 0 Å². The highest BCUT2D eigenvalue weighted by molar-refractivity contribution is 5.43. The minimum atomic E-state index is 0.640. The SMILES string of the molecule is COc1cc(CNCc2ccc(C)cc2)ccc1OCCC(C)C. The van der Waals surface area contributed by atoms with Crippen LogP contribution >= 0.6 is 0 Å². The summed E-state index contributed by atoms with van der Waals surface area (Å²) in [7, 11) is 1.69. The maximum Gasteiger partial charge on any atom is 0.161 e. The van der Waals surface area contributed by atoms with Crippen LogP contribution < -0.4 is 14.8 Å². The number of rotatable bonds is 9. The number of hydrogen-bond donors (Lipinski definition) is 1. The van der Waals surface area contributed by atoms with Crippen molar-refractivity contribution in [2.75, 3.05) is 13.7 Å². The van der Waals surface area contributed by atoms with Gasteiger partial charge in [-0.2, -0.15) is 0 Å². The van der Waals surface area contributed by atoms with E-state index in [1.165, 1.54) is 16.7 Å². The van der Waals surface area contributed by atoms with E-state index in [0.717, 1.165) is 37.6 Å². The molecule has 0 spiro atoms. The second kappa shape index (κ2) is 9.33. The Morgan fingerprint density at radius 1 is 0.917 bits per heavy atom. The van der Waals surface area contributed by atoms with Crippen molar-refractivity contribution in [2.24, 2.45) is 5.92 Å². The largest absolute Gasteiger partial charge is 0.493 e. The van der Waals surface area contributed by atoms with Crippen LogP contribution in [-0.4, -0.2) is 13.7 Å². The maximum atomic E-state index is 5.83. The first-order valence-corrected chi connectivity index (χ1v) is 8.64. The first-order valence-electron chi connectivity index (χ1n) is 8.64. The zero-order valence-electron chi connectivity index (χ0n) is 15.3. The molecule has 24 heavy (non-hydrogen) atoms. The van der Waals surface area contributed by atoms with Gasteiger partial charge in [0.25, 0.3) is 0 Å². The summed E-state index contributed by atoms with van der Waals surface area (Å²) in [5.74, 6) is 2.26. The zero-order chi connectivity index (χ0) is 17.4. The molecule has 2 aromatic carbocycles. The van der Waals surface area contributed by atoms with Crippen molar-refractivity contribution in [3.8, 4) is 11.5 Å². The second-order valence-corrected chi connectivity index (χ2v) is 6.61. The molecule has 3 heteroatoms. The van der Waals surface area contributed by atoms with Crippen LogP contribution in [0.4, 0.5) is 0 Å². The van der Waals surface area contributed by atoms with E-state index >= 15 is 0 Å². The third-order valence-electron chi connectivity index (χ3n) is 3.96. The molecule has 0 atom stereocenters. The summed E-state index contributed by atoms with van der Waals surface area (Å²) >= 11 is 0. The van der Waals surface area contributed by atoms with E-state index in [1.54, 1.807) is 7.11 Å². The molecule has 0 aliphatic rings. The predicted octanol–water partition coefficient (Wildman–Crippen LogP) is 4.72. The van der Waals surface area contributed by atoms with Crippen LogP contribution in [0.25, 0.3) is 0 Å². The van der Waals surface area contributed by atoms with E-state index in [4.69, 9.17) is 9.47 Å². The Balaban J connectivity index is 1.87. The van der Waals surface area contributed by atoms with Gasteiger partial charge in [-0.1, -0.05) is 49.7 Å². The zero-order valence-corrected chi connectivity index (χ0v) is 15.3. The van der Waals surface area contributed by atoms with E-state index in [1.807, 2.05) is 12.1 Å². The minimum Gasteiger partial charge on any atom is -0.493 e. The van der Waals surface area contributed by atoms with Crippen LogP contribution in [0.15, 0.2) is 42.5 Å². The molecule has 0 aliphatic heterocycles. The van der Waals surface area contributed by atoms with Gasteiger partial charge in [-0.25, -0.2) is 0 Å². The third kappa shape index (κ3) is 5.89. The second-order valence-electron chi connectivity index (χ2n) is 6.61. The number of nitrogens with one attached hydrogen (secondary N) is 1. The maximum absolute atomic E-state index is 5.83. The summed E-state index contributed by atoms with van der Waals surface area (Å²) in [6.07, 6.45) is 1.04. The van der Waals surface area contributed by atoms with E-state index in [2.05, 4.69) is 56.4 Å². The van der Waals surface area contributed by atoms with E-state index in [-0.39, 0.29) is 0 Å². The lowest BCUT2D eigenvalue weighted by molar-refractivity contribution is 0.273. The molecule has 2 aromatic rings. The van der Waals surface area contributed by atoms with Gasteiger partial charge in [-0.3, -0.25) is 0 Å². The van der Waals surface area contributed by atoms with Gasteiger partial charge in [0, 0.05) is 13.1 Å². The van der Waals surface area contributed by atoms with E-state index in [0.29, 0.717) is 5.92 Å². The lowest BCUT2D eigenvalue weighted by Crippen LogP contribution is -2.12. The summed E-state index contributed by atoms with van der Waals surface area (Å²) in [6, 6.07) is 14.8. The summed E-state index contributed by atoms with van der Waals surface area (Å²) in [4.78, 5) is 0. The van der Waals surface area contributed by atoms with Crippen molar-refractivity contribution in [3.05, 3.63) is 59.2 Å². The molecule has 0 amide bonds.